The standard InChI is InChI=1S/C17H16N4OS/c22-17(14-9-23-10-18-14)20-7-12(8-20)21-15-4-2-1-3-13(15)19-16(21)11-5-6-11/h1-4,9-12H,5-8H2. The van der Waals surface area contributed by atoms with Crippen molar-refractivity contribution >= 4 is 28.3 Å². The number of imidazole rings is 1. The minimum Gasteiger partial charge on any atom is -0.333 e. The summed E-state index contributed by atoms with van der Waals surface area (Å²) in [5, 5.41) is 1.82. The number of thiazole rings is 1. The van der Waals surface area contributed by atoms with Crippen LogP contribution in [0.2, 0.25) is 0 Å². The van der Waals surface area contributed by atoms with Gasteiger partial charge >= 0.3 is 0 Å². The molecule has 0 unspecified atom stereocenters. The molecule has 1 amide bonds. The second kappa shape index (κ2) is 4.89. The first-order chi connectivity index (χ1) is 11.3. The third-order valence-corrected chi connectivity index (χ3v) is 5.32. The molecule has 2 aliphatic rings. The van der Waals surface area contributed by atoms with E-state index in [1.54, 1.807) is 5.51 Å². The van der Waals surface area contributed by atoms with E-state index in [1.807, 2.05) is 16.3 Å². The lowest BCUT2D eigenvalue weighted by atomic mass is 10.1. The Morgan fingerprint density at radius 3 is 2.78 bits per heavy atom. The molecule has 0 N–H and O–H groups in total. The van der Waals surface area contributed by atoms with Crippen molar-refractivity contribution in [1.82, 2.24) is 19.4 Å². The van der Waals surface area contributed by atoms with Gasteiger partial charge in [-0.3, -0.25) is 4.79 Å². The number of carbonyl (C=O) groups is 1. The predicted octanol–water partition coefficient (Wildman–Crippen LogP) is 3.07. The number of para-hydroxylation sites is 2. The van der Waals surface area contributed by atoms with Crippen LogP contribution >= 0.6 is 11.3 Å². The van der Waals surface area contributed by atoms with E-state index < -0.39 is 0 Å². The topological polar surface area (TPSA) is 51.0 Å². The zero-order valence-electron chi connectivity index (χ0n) is 12.6. The number of aromatic nitrogens is 3. The van der Waals surface area contributed by atoms with Gasteiger partial charge in [-0.15, -0.1) is 11.3 Å². The van der Waals surface area contributed by atoms with E-state index in [0.29, 0.717) is 17.7 Å². The lowest BCUT2D eigenvalue weighted by Crippen LogP contribution is -2.51. The molecule has 5 nitrogen and oxygen atoms in total. The molecule has 3 aromatic rings. The van der Waals surface area contributed by atoms with Crippen molar-refractivity contribution in [2.75, 3.05) is 13.1 Å². The number of hydrogen-bond acceptors (Lipinski definition) is 4. The molecule has 3 heterocycles. The quantitative estimate of drug-likeness (QED) is 0.744. The van der Waals surface area contributed by atoms with Crippen molar-refractivity contribution in [3.63, 3.8) is 0 Å². The van der Waals surface area contributed by atoms with Crippen molar-refractivity contribution in [2.24, 2.45) is 0 Å². The fraction of sp³-hybridized carbons (Fsp3) is 0.353. The number of rotatable bonds is 3. The Morgan fingerprint density at radius 1 is 1.22 bits per heavy atom. The zero-order chi connectivity index (χ0) is 15.4. The van der Waals surface area contributed by atoms with E-state index in [9.17, 15) is 4.79 Å². The third kappa shape index (κ3) is 2.09. The van der Waals surface area contributed by atoms with Crippen molar-refractivity contribution < 1.29 is 4.79 Å². The Morgan fingerprint density at radius 2 is 2.04 bits per heavy atom. The lowest BCUT2D eigenvalue weighted by Gasteiger charge is -2.40. The molecule has 23 heavy (non-hydrogen) atoms. The van der Waals surface area contributed by atoms with Gasteiger partial charge in [-0.25, -0.2) is 9.97 Å². The SMILES string of the molecule is O=C(c1cscn1)N1CC(n2c(C3CC3)nc3ccccc32)C1. The Hall–Kier alpha value is -2.21. The van der Waals surface area contributed by atoms with E-state index in [1.165, 1.54) is 35.5 Å². The summed E-state index contributed by atoms with van der Waals surface area (Å²) in [6.07, 6.45) is 2.47. The van der Waals surface area contributed by atoms with Gasteiger partial charge in [0.15, 0.2) is 0 Å². The highest BCUT2D eigenvalue weighted by Crippen LogP contribution is 2.43. The Balaban J connectivity index is 1.44. The second-order valence-electron chi connectivity index (χ2n) is 6.34. The van der Waals surface area contributed by atoms with Gasteiger partial charge in [-0.1, -0.05) is 12.1 Å². The molecular formula is C17H16N4OS. The molecule has 6 heteroatoms. The monoisotopic (exact) mass is 324 g/mol. The van der Waals surface area contributed by atoms with Crippen LogP contribution in [-0.2, 0) is 0 Å². The largest absolute Gasteiger partial charge is 0.333 e. The van der Waals surface area contributed by atoms with Crippen LogP contribution in [0.4, 0.5) is 0 Å². The van der Waals surface area contributed by atoms with E-state index in [2.05, 4.69) is 27.8 Å². The van der Waals surface area contributed by atoms with Gasteiger partial charge in [0, 0.05) is 24.4 Å². The molecule has 1 saturated carbocycles. The number of hydrogen-bond donors (Lipinski definition) is 0. The summed E-state index contributed by atoms with van der Waals surface area (Å²) in [5.41, 5.74) is 4.53. The number of carbonyl (C=O) groups excluding carboxylic acids is 1. The summed E-state index contributed by atoms with van der Waals surface area (Å²) in [4.78, 5) is 23.2. The second-order valence-corrected chi connectivity index (χ2v) is 7.06. The van der Waals surface area contributed by atoms with Gasteiger partial charge < -0.3 is 9.47 Å². The van der Waals surface area contributed by atoms with Gasteiger partial charge in [-0.05, 0) is 25.0 Å². The minimum absolute atomic E-state index is 0.0416. The maximum atomic E-state index is 12.3. The van der Waals surface area contributed by atoms with Gasteiger partial charge in [0.1, 0.15) is 11.5 Å². The molecule has 1 aliphatic carbocycles. The smallest absolute Gasteiger partial charge is 0.273 e. The summed E-state index contributed by atoms with van der Waals surface area (Å²) < 4.78 is 2.37. The molecule has 0 bridgehead atoms. The van der Waals surface area contributed by atoms with E-state index >= 15 is 0 Å². The van der Waals surface area contributed by atoms with Crippen molar-refractivity contribution in [3.8, 4) is 0 Å². The Bertz CT molecular complexity index is 875. The summed E-state index contributed by atoms with van der Waals surface area (Å²) >= 11 is 1.46. The number of benzene rings is 1. The van der Waals surface area contributed by atoms with Crippen LogP contribution < -0.4 is 0 Å². The van der Waals surface area contributed by atoms with E-state index in [-0.39, 0.29) is 5.91 Å². The molecule has 2 fully saturated rings. The van der Waals surface area contributed by atoms with Gasteiger partial charge in [0.2, 0.25) is 0 Å². The van der Waals surface area contributed by atoms with Crippen LogP contribution in [0.25, 0.3) is 11.0 Å². The fourth-order valence-corrected chi connectivity index (χ4v) is 3.87. The zero-order valence-corrected chi connectivity index (χ0v) is 13.4. The summed E-state index contributed by atoms with van der Waals surface area (Å²) in [5.74, 6) is 1.85. The van der Waals surface area contributed by atoms with Crippen LogP contribution in [0.1, 0.15) is 41.1 Å². The molecule has 2 aromatic heterocycles. The summed E-state index contributed by atoms with van der Waals surface area (Å²) in [6, 6.07) is 8.65. The van der Waals surface area contributed by atoms with Crippen LogP contribution in [0, 0.1) is 0 Å². The molecule has 1 aliphatic heterocycles. The molecule has 0 atom stereocenters. The fourth-order valence-electron chi connectivity index (χ4n) is 3.34. The summed E-state index contributed by atoms with van der Waals surface area (Å²) in [6.45, 7) is 1.49. The minimum atomic E-state index is 0.0416. The highest BCUT2D eigenvalue weighted by molar-refractivity contribution is 7.07. The van der Waals surface area contributed by atoms with E-state index in [4.69, 9.17) is 4.98 Å². The number of amides is 1. The van der Waals surface area contributed by atoms with Crippen LogP contribution in [-0.4, -0.2) is 38.4 Å². The summed E-state index contributed by atoms with van der Waals surface area (Å²) in [7, 11) is 0. The Labute approximate surface area is 137 Å². The first-order valence-electron chi connectivity index (χ1n) is 7.95. The average molecular weight is 324 g/mol. The maximum Gasteiger partial charge on any atom is 0.273 e. The first-order valence-corrected chi connectivity index (χ1v) is 8.90. The number of fused-ring (bicyclic) bond motifs is 1. The average Bonchev–Trinajstić information content (AvgIpc) is 3.09. The molecule has 1 saturated heterocycles. The number of nitrogens with zero attached hydrogens (tertiary/aromatic N) is 4. The third-order valence-electron chi connectivity index (χ3n) is 4.73. The first kappa shape index (κ1) is 13.2. The van der Waals surface area contributed by atoms with E-state index in [0.717, 1.165) is 18.6 Å². The van der Waals surface area contributed by atoms with Crippen LogP contribution in [0.5, 0.6) is 0 Å². The maximum absolute atomic E-state index is 12.3. The molecule has 5 rings (SSSR count). The Kier molecular flexibility index (Phi) is 2.82. The lowest BCUT2D eigenvalue weighted by molar-refractivity contribution is 0.0517. The molecule has 1 aromatic carbocycles. The van der Waals surface area contributed by atoms with Crippen molar-refractivity contribution in [1.29, 1.82) is 0 Å². The van der Waals surface area contributed by atoms with Gasteiger partial charge in [0.05, 0.1) is 22.6 Å². The molecule has 116 valence electrons. The van der Waals surface area contributed by atoms with Crippen LogP contribution in [0.15, 0.2) is 35.2 Å². The van der Waals surface area contributed by atoms with Gasteiger partial charge in [0.25, 0.3) is 5.91 Å². The van der Waals surface area contributed by atoms with Crippen LogP contribution in [0.3, 0.4) is 0 Å². The normalized spacial score (nSPS) is 18.3. The van der Waals surface area contributed by atoms with Crippen molar-refractivity contribution in [2.45, 2.75) is 24.8 Å². The molecular weight excluding hydrogens is 308 g/mol. The number of likely N-dealkylation sites (tertiary alicyclic amines) is 1. The predicted molar refractivity (Wildman–Crippen MR) is 88.8 cm³/mol. The van der Waals surface area contributed by atoms with Crippen molar-refractivity contribution in [3.05, 3.63) is 46.7 Å². The highest BCUT2D eigenvalue weighted by atomic mass is 32.1. The van der Waals surface area contributed by atoms with Gasteiger partial charge in [-0.2, -0.15) is 0 Å². The molecule has 0 spiro atoms. The highest BCUT2D eigenvalue weighted by Gasteiger charge is 2.38. The molecule has 0 radical (unpaired) electrons.